The molecule has 2 saturated heterocycles. The number of benzene rings is 1. The van der Waals surface area contributed by atoms with Gasteiger partial charge in [-0.1, -0.05) is 0 Å². The molecule has 29 heavy (non-hydrogen) atoms. The van der Waals surface area contributed by atoms with Crippen LogP contribution < -0.4 is 0 Å². The smallest absolute Gasteiger partial charge is 0.332 e. The molecule has 0 spiro atoms. The standard InChI is InChI=1S/C16H18N2O9S2/c1-16(2)12(15(20)26-8-25-3)17-13(19)11(14(17)28-16)27-29(23,24)10-6-4-9(5-7-10)18(21)22/h4-7,11-12,14H,8H2,1-3H3/t11-,12+,14-/m1/s1. The first-order valence-corrected chi connectivity index (χ1v) is 10.6. The van der Waals surface area contributed by atoms with E-state index in [4.69, 9.17) is 13.7 Å². The number of thioether (sulfide) groups is 1. The third kappa shape index (κ3) is 3.82. The molecule has 3 rings (SSSR count). The quantitative estimate of drug-likeness (QED) is 0.148. The molecule has 0 saturated carbocycles. The number of nitro benzene ring substituents is 1. The van der Waals surface area contributed by atoms with Crippen LogP contribution in [0.2, 0.25) is 0 Å². The third-order valence-electron chi connectivity index (χ3n) is 4.50. The Morgan fingerprint density at radius 3 is 2.48 bits per heavy atom. The van der Waals surface area contributed by atoms with Gasteiger partial charge in [-0.2, -0.15) is 8.42 Å². The number of esters is 1. The summed E-state index contributed by atoms with van der Waals surface area (Å²) in [5.74, 6) is -1.31. The molecule has 1 aromatic rings. The van der Waals surface area contributed by atoms with Crippen LogP contribution in [0.1, 0.15) is 13.8 Å². The van der Waals surface area contributed by atoms with E-state index in [2.05, 4.69) is 0 Å². The Hall–Kier alpha value is -2.22. The zero-order chi connectivity index (χ0) is 21.6. The number of carbonyl (C=O) groups excluding carboxylic acids is 2. The summed E-state index contributed by atoms with van der Waals surface area (Å²) >= 11 is 1.23. The van der Waals surface area contributed by atoms with Crippen molar-refractivity contribution in [3.63, 3.8) is 0 Å². The minimum absolute atomic E-state index is 0.267. The molecule has 11 nitrogen and oxygen atoms in total. The summed E-state index contributed by atoms with van der Waals surface area (Å²) in [6.07, 6.45) is -1.31. The van der Waals surface area contributed by atoms with Gasteiger partial charge in [0.2, 0.25) is 0 Å². The van der Waals surface area contributed by atoms with E-state index in [0.29, 0.717) is 0 Å². The fraction of sp³-hybridized carbons (Fsp3) is 0.500. The highest BCUT2D eigenvalue weighted by Crippen LogP contribution is 2.52. The molecular formula is C16H18N2O9S2. The summed E-state index contributed by atoms with van der Waals surface area (Å²) in [4.78, 5) is 35.9. The van der Waals surface area contributed by atoms with Gasteiger partial charge in [-0.05, 0) is 26.0 Å². The topological polar surface area (TPSA) is 142 Å². The van der Waals surface area contributed by atoms with Gasteiger partial charge in [0.25, 0.3) is 21.7 Å². The number of ether oxygens (including phenoxy) is 2. The molecule has 0 aromatic heterocycles. The lowest BCUT2D eigenvalue weighted by molar-refractivity contribution is -0.384. The van der Waals surface area contributed by atoms with Gasteiger partial charge in [0, 0.05) is 24.0 Å². The lowest BCUT2D eigenvalue weighted by Gasteiger charge is -2.42. The maximum Gasteiger partial charge on any atom is 0.332 e. The molecule has 158 valence electrons. The minimum atomic E-state index is -4.34. The Balaban J connectivity index is 1.76. The maximum atomic E-state index is 12.6. The van der Waals surface area contributed by atoms with E-state index >= 15 is 0 Å². The van der Waals surface area contributed by atoms with E-state index in [9.17, 15) is 28.1 Å². The number of fused-ring (bicyclic) bond motifs is 1. The number of nitro groups is 1. The molecule has 0 N–H and O–H groups in total. The van der Waals surface area contributed by atoms with E-state index < -0.39 is 49.2 Å². The number of methoxy groups -OCH3 is 1. The van der Waals surface area contributed by atoms with Gasteiger partial charge in [-0.15, -0.1) is 11.8 Å². The first kappa shape index (κ1) is 21.5. The Morgan fingerprint density at radius 1 is 1.31 bits per heavy atom. The summed E-state index contributed by atoms with van der Waals surface area (Å²) in [5.41, 5.74) is -0.277. The highest BCUT2D eigenvalue weighted by Gasteiger charge is 2.65. The minimum Gasteiger partial charge on any atom is -0.437 e. The summed E-state index contributed by atoms with van der Waals surface area (Å²) in [7, 11) is -2.99. The second kappa shape index (κ2) is 7.55. The Labute approximate surface area is 170 Å². The number of β-lactam (4-membered cyclic amide) rings is 1. The second-order valence-electron chi connectivity index (χ2n) is 6.85. The van der Waals surface area contributed by atoms with Crippen LogP contribution in [0.25, 0.3) is 0 Å². The van der Waals surface area contributed by atoms with Crippen LogP contribution in [0.3, 0.4) is 0 Å². The number of carbonyl (C=O) groups is 2. The normalized spacial score (nSPS) is 25.3. The van der Waals surface area contributed by atoms with Gasteiger partial charge < -0.3 is 14.4 Å². The van der Waals surface area contributed by atoms with Crippen LogP contribution in [0.5, 0.6) is 0 Å². The van der Waals surface area contributed by atoms with Crippen molar-refractivity contribution in [3.05, 3.63) is 34.4 Å². The summed E-state index contributed by atoms with van der Waals surface area (Å²) < 4.78 is 39.0. The van der Waals surface area contributed by atoms with E-state index in [1.54, 1.807) is 13.8 Å². The van der Waals surface area contributed by atoms with Crippen LogP contribution in [0.4, 0.5) is 5.69 Å². The molecule has 13 heteroatoms. The zero-order valence-electron chi connectivity index (χ0n) is 15.6. The maximum absolute atomic E-state index is 12.6. The molecule has 2 aliphatic rings. The van der Waals surface area contributed by atoms with E-state index in [1.165, 1.54) is 23.8 Å². The number of hydrogen-bond acceptors (Lipinski definition) is 10. The van der Waals surface area contributed by atoms with E-state index in [1.807, 2.05) is 0 Å². The first-order chi connectivity index (χ1) is 13.5. The monoisotopic (exact) mass is 446 g/mol. The third-order valence-corrected chi connectivity index (χ3v) is 7.36. The molecule has 2 aliphatic heterocycles. The summed E-state index contributed by atoms with van der Waals surface area (Å²) in [6.45, 7) is 3.21. The number of hydrogen-bond donors (Lipinski definition) is 0. The van der Waals surface area contributed by atoms with Crippen LogP contribution in [0, 0.1) is 10.1 Å². The van der Waals surface area contributed by atoms with Crippen molar-refractivity contribution >= 4 is 39.4 Å². The van der Waals surface area contributed by atoms with Gasteiger partial charge >= 0.3 is 5.97 Å². The highest BCUT2D eigenvalue weighted by atomic mass is 32.2. The number of nitrogens with zero attached hydrogens (tertiary/aromatic N) is 2. The lowest BCUT2D eigenvalue weighted by atomic mass is 9.97. The van der Waals surface area contributed by atoms with Crippen molar-refractivity contribution in [1.82, 2.24) is 4.90 Å². The Morgan fingerprint density at radius 2 is 1.93 bits per heavy atom. The molecular weight excluding hydrogens is 428 g/mol. The van der Waals surface area contributed by atoms with Gasteiger partial charge in [0.15, 0.2) is 12.9 Å². The fourth-order valence-electron chi connectivity index (χ4n) is 3.17. The van der Waals surface area contributed by atoms with E-state index in [-0.39, 0.29) is 17.4 Å². The van der Waals surface area contributed by atoms with Crippen molar-refractivity contribution in [2.24, 2.45) is 0 Å². The Kier molecular flexibility index (Phi) is 5.60. The predicted octanol–water partition coefficient (Wildman–Crippen LogP) is 0.878. The average molecular weight is 446 g/mol. The van der Waals surface area contributed by atoms with Crippen molar-refractivity contribution in [1.29, 1.82) is 0 Å². The van der Waals surface area contributed by atoms with Crippen LogP contribution >= 0.6 is 11.8 Å². The van der Waals surface area contributed by atoms with Crippen molar-refractivity contribution < 1.29 is 36.6 Å². The highest BCUT2D eigenvalue weighted by molar-refractivity contribution is 8.01. The average Bonchev–Trinajstić information content (AvgIpc) is 2.92. The summed E-state index contributed by atoms with van der Waals surface area (Å²) in [5, 5.41) is 10.0. The number of rotatable bonds is 7. The lowest BCUT2D eigenvalue weighted by Crippen LogP contribution is -2.66. The Bertz CT molecular complexity index is 946. The molecule has 0 aliphatic carbocycles. The van der Waals surface area contributed by atoms with Gasteiger partial charge in [-0.25, -0.2) is 8.98 Å². The number of amides is 1. The SMILES string of the molecule is COCOC(=O)[C@@H]1N2C(=O)[C@@H](OS(=O)(=O)c3ccc([N+](=O)[O-])cc3)[C@H]2SC1(C)C. The zero-order valence-corrected chi connectivity index (χ0v) is 17.3. The van der Waals surface area contributed by atoms with Gasteiger partial charge in [-0.3, -0.25) is 14.9 Å². The van der Waals surface area contributed by atoms with Crippen LogP contribution in [-0.2, 0) is 33.4 Å². The molecule has 3 atom stereocenters. The molecule has 0 bridgehead atoms. The van der Waals surface area contributed by atoms with E-state index in [0.717, 1.165) is 24.3 Å². The molecule has 2 fully saturated rings. The second-order valence-corrected chi connectivity index (χ2v) is 10.2. The van der Waals surface area contributed by atoms with Crippen LogP contribution in [0.15, 0.2) is 29.2 Å². The fourth-order valence-corrected chi connectivity index (χ4v) is 5.88. The van der Waals surface area contributed by atoms with Crippen molar-refractivity contribution in [2.75, 3.05) is 13.9 Å². The van der Waals surface area contributed by atoms with Crippen LogP contribution in [-0.4, -0.2) is 66.3 Å². The molecule has 1 amide bonds. The first-order valence-electron chi connectivity index (χ1n) is 8.33. The molecule has 0 radical (unpaired) electrons. The molecule has 1 aromatic carbocycles. The number of non-ortho nitro benzene ring substituents is 1. The largest absolute Gasteiger partial charge is 0.437 e. The summed E-state index contributed by atoms with van der Waals surface area (Å²) in [6, 6.07) is 3.21. The van der Waals surface area contributed by atoms with Gasteiger partial charge in [0.05, 0.1) is 9.82 Å². The van der Waals surface area contributed by atoms with Crippen molar-refractivity contribution in [2.45, 2.75) is 41.0 Å². The van der Waals surface area contributed by atoms with Gasteiger partial charge in [0.1, 0.15) is 11.4 Å². The molecule has 0 unspecified atom stereocenters. The van der Waals surface area contributed by atoms with Crippen molar-refractivity contribution in [3.8, 4) is 0 Å². The predicted molar refractivity (Wildman–Crippen MR) is 99.2 cm³/mol. The molecule has 2 heterocycles.